The Morgan fingerprint density at radius 3 is 2.47 bits per heavy atom. The Hall–Kier alpha value is -1.54. The zero-order valence-corrected chi connectivity index (χ0v) is 12.6. The van der Waals surface area contributed by atoms with Gasteiger partial charge in [0.15, 0.2) is 0 Å². The Labute approximate surface area is 123 Å². The largest absolute Gasteiger partial charge is 0.497 e. The van der Waals surface area contributed by atoms with Gasteiger partial charge in [0.25, 0.3) is 0 Å². The van der Waals surface area contributed by atoms with E-state index in [0.717, 1.165) is 18.6 Å². The SMILES string of the molecule is COc1ccc(/C=C\CCc2ccccc2Br)cc1. The quantitative estimate of drug-likeness (QED) is 0.745. The summed E-state index contributed by atoms with van der Waals surface area (Å²) in [6, 6.07) is 16.4. The van der Waals surface area contributed by atoms with E-state index in [1.165, 1.54) is 15.6 Å². The number of allylic oxidation sites excluding steroid dienone is 1. The number of hydrogen-bond donors (Lipinski definition) is 0. The zero-order valence-electron chi connectivity index (χ0n) is 11.0. The normalized spacial score (nSPS) is 10.8. The number of benzene rings is 2. The average molecular weight is 317 g/mol. The van der Waals surface area contributed by atoms with Crippen LogP contribution in [0.25, 0.3) is 6.08 Å². The molecule has 2 aromatic carbocycles. The number of aryl methyl sites for hydroxylation is 1. The standard InChI is InChI=1S/C17H17BrO/c1-19-16-12-10-14(11-13-16)6-2-3-7-15-8-4-5-9-17(15)18/h2,4-6,8-13H,3,7H2,1H3/b6-2-. The van der Waals surface area contributed by atoms with E-state index >= 15 is 0 Å². The van der Waals surface area contributed by atoms with Crippen molar-refractivity contribution < 1.29 is 4.74 Å². The fraction of sp³-hybridized carbons (Fsp3) is 0.176. The molecule has 0 N–H and O–H groups in total. The van der Waals surface area contributed by atoms with Gasteiger partial charge < -0.3 is 4.74 Å². The molecule has 0 radical (unpaired) electrons. The summed E-state index contributed by atoms with van der Waals surface area (Å²) in [7, 11) is 1.68. The molecule has 0 saturated carbocycles. The molecule has 0 heterocycles. The number of rotatable bonds is 5. The second-order valence-electron chi connectivity index (χ2n) is 4.31. The van der Waals surface area contributed by atoms with Crippen LogP contribution in [-0.4, -0.2) is 7.11 Å². The molecule has 1 nitrogen and oxygen atoms in total. The Morgan fingerprint density at radius 2 is 1.79 bits per heavy atom. The topological polar surface area (TPSA) is 9.23 Å². The van der Waals surface area contributed by atoms with Gasteiger partial charge in [-0.05, 0) is 42.2 Å². The molecule has 19 heavy (non-hydrogen) atoms. The smallest absolute Gasteiger partial charge is 0.118 e. The summed E-state index contributed by atoms with van der Waals surface area (Å²) >= 11 is 3.57. The first-order chi connectivity index (χ1) is 9.29. The highest BCUT2D eigenvalue weighted by atomic mass is 79.9. The minimum atomic E-state index is 0.894. The number of methoxy groups -OCH3 is 1. The van der Waals surface area contributed by atoms with Gasteiger partial charge in [0.05, 0.1) is 7.11 Å². The minimum Gasteiger partial charge on any atom is -0.497 e. The molecule has 0 saturated heterocycles. The third-order valence-corrected chi connectivity index (χ3v) is 3.74. The van der Waals surface area contributed by atoms with Crippen LogP contribution in [0, 0.1) is 0 Å². The molecule has 0 atom stereocenters. The number of halogens is 1. The lowest BCUT2D eigenvalue weighted by molar-refractivity contribution is 0.415. The van der Waals surface area contributed by atoms with Crippen LogP contribution in [0.3, 0.4) is 0 Å². The van der Waals surface area contributed by atoms with Crippen molar-refractivity contribution in [3.63, 3.8) is 0 Å². The van der Waals surface area contributed by atoms with Crippen molar-refractivity contribution in [3.8, 4) is 5.75 Å². The first-order valence-electron chi connectivity index (χ1n) is 6.33. The van der Waals surface area contributed by atoms with Crippen molar-refractivity contribution in [1.29, 1.82) is 0 Å². The lowest BCUT2D eigenvalue weighted by atomic mass is 10.1. The first kappa shape index (κ1) is 13.9. The summed E-state index contributed by atoms with van der Waals surface area (Å²) in [5.41, 5.74) is 2.55. The van der Waals surface area contributed by atoms with Gasteiger partial charge in [0.2, 0.25) is 0 Å². The van der Waals surface area contributed by atoms with Crippen LogP contribution >= 0.6 is 15.9 Å². The maximum atomic E-state index is 5.14. The molecule has 0 aliphatic heterocycles. The van der Waals surface area contributed by atoms with E-state index in [1.54, 1.807) is 7.11 Å². The van der Waals surface area contributed by atoms with Crippen LogP contribution in [0.4, 0.5) is 0 Å². The average Bonchev–Trinajstić information content (AvgIpc) is 2.46. The van der Waals surface area contributed by atoms with E-state index in [2.05, 4.69) is 58.4 Å². The van der Waals surface area contributed by atoms with Crippen LogP contribution in [0.5, 0.6) is 5.75 Å². The molecule has 0 unspecified atom stereocenters. The Balaban J connectivity index is 1.88. The summed E-state index contributed by atoms with van der Waals surface area (Å²) in [5.74, 6) is 0.894. The molecule has 0 aromatic heterocycles. The molecule has 0 amide bonds. The van der Waals surface area contributed by atoms with Gasteiger partial charge in [-0.15, -0.1) is 0 Å². The molecular weight excluding hydrogens is 300 g/mol. The summed E-state index contributed by atoms with van der Waals surface area (Å²) in [4.78, 5) is 0. The summed E-state index contributed by atoms with van der Waals surface area (Å²) in [6.45, 7) is 0. The van der Waals surface area contributed by atoms with Crippen molar-refractivity contribution in [3.05, 3.63) is 70.2 Å². The molecule has 2 aromatic rings. The summed E-state index contributed by atoms with van der Waals surface area (Å²) in [6.07, 6.45) is 6.44. The molecule has 0 aliphatic carbocycles. The molecule has 0 aliphatic rings. The molecule has 2 rings (SSSR count). The lowest BCUT2D eigenvalue weighted by Gasteiger charge is -2.01. The molecule has 2 heteroatoms. The summed E-state index contributed by atoms with van der Waals surface area (Å²) in [5, 5.41) is 0. The molecule has 0 spiro atoms. The molecule has 0 fully saturated rings. The Bertz CT molecular complexity index is 543. The third kappa shape index (κ3) is 4.25. The lowest BCUT2D eigenvalue weighted by Crippen LogP contribution is -1.84. The van der Waals surface area contributed by atoms with Crippen LogP contribution in [0.2, 0.25) is 0 Å². The van der Waals surface area contributed by atoms with Gasteiger partial charge in [0.1, 0.15) is 5.75 Å². The fourth-order valence-corrected chi connectivity index (χ4v) is 2.36. The summed E-state index contributed by atoms with van der Waals surface area (Å²) < 4.78 is 6.32. The van der Waals surface area contributed by atoms with Crippen LogP contribution in [0.1, 0.15) is 17.5 Å². The first-order valence-corrected chi connectivity index (χ1v) is 7.13. The van der Waals surface area contributed by atoms with E-state index in [9.17, 15) is 0 Å². The third-order valence-electron chi connectivity index (χ3n) is 2.96. The van der Waals surface area contributed by atoms with Crippen molar-refractivity contribution in [2.45, 2.75) is 12.8 Å². The van der Waals surface area contributed by atoms with Gasteiger partial charge in [0, 0.05) is 4.47 Å². The van der Waals surface area contributed by atoms with Gasteiger partial charge >= 0.3 is 0 Å². The monoisotopic (exact) mass is 316 g/mol. The highest BCUT2D eigenvalue weighted by molar-refractivity contribution is 9.10. The molecule has 0 bridgehead atoms. The highest BCUT2D eigenvalue weighted by Crippen LogP contribution is 2.18. The predicted molar refractivity (Wildman–Crippen MR) is 84.5 cm³/mol. The van der Waals surface area contributed by atoms with Crippen molar-refractivity contribution >= 4 is 22.0 Å². The Morgan fingerprint density at radius 1 is 1.05 bits per heavy atom. The number of hydrogen-bond acceptors (Lipinski definition) is 1. The van der Waals surface area contributed by atoms with Crippen LogP contribution < -0.4 is 4.74 Å². The zero-order chi connectivity index (χ0) is 13.5. The van der Waals surface area contributed by atoms with Crippen LogP contribution in [0.15, 0.2) is 59.1 Å². The van der Waals surface area contributed by atoms with Crippen molar-refractivity contribution in [2.24, 2.45) is 0 Å². The van der Waals surface area contributed by atoms with E-state index in [4.69, 9.17) is 4.74 Å². The maximum Gasteiger partial charge on any atom is 0.118 e. The van der Waals surface area contributed by atoms with E-state index in [0.29, 0.717) is 0 Å². The molecule has 98 valence electrons. The van der Waals surface area contributed by atoms with Crippen molar-refractivity contribution in [2.75, 3.05) is 7.11 Å². The fourth-order valence-electron chi connectivity index (χ4n) is 1.87. The van der Waals surface area contributed by atoms with Gasteiger partial charge in [-0.2, -0.15) is 0 Å². The van der Waals surface area contributed by atoms with Crippen LogP contribution in [-0.2, 0) is 6.42 Å². The Kier molecular flexibility index (Phi) is 5.22. The second-order valence-corrected chi connectivity index (χ2v) is 5.16. The predicted octanol–water partition coefficient (Wildman–Crippen LogP) is 5.10. The maximum absolute atomic E-state index is 5.14. The minimum absolute atomic E-state index is 0.894. The molecular formula is C17H17BrO. The van der Waals surface area contributed by atoms with E-state index in [-0.39, 0.29) is 0 Å². The van der Waals surface area contributed by atoms with Gasteiger partial charge in [-0.25, -0.2) is 0 Å². The van der Waals surface area contributed by atoms with E-state index in [1.807, 2.05) is 18.2 Å². The second kappa shape index (κ2) is 7.15. The van der Waals surface area contributed by atoms with Crippen molar-refractivity contribution in [1.82, 2.24) is 0 Å². The number of ether oxygens (including phenoxy) is 1. The highest BCUT2D eigenvalue weighted by Gasteiger charge is 1.96. The van der Waals surface area contributed by atoms with Gasteiger partial charge in [-0.1, -0.05) is 58.4 Å². The van der Waals surface area contributed by atoms with E-state index < -0.39 is 0 Å². The van der Waals surface area contributed by atoms with Gasteiger partial charge in [-0.3, -0.25) is 0 Å².